The lowest BCUT2D eigenvalue weighted by atomic mass is 10.0. The Balaban J connectivity index is 1.35. The minimum atomic E-state index is -3.63. The minimum Gasteiger partial charge on any atom is -0.378 e. The highest BCUT2D eigenvalue weighted by atomic mass is 32.2. The van der Waals surface area contributed by atoms with E-state index in [1.165, 1.54) is 6.07 Å². The number of benzene rings is 1. The molecule has 40 heavy (non-hydrogen) atoms. The molecule has 1 aliphatic heterocycles. The summed E-state index contributed by atoms with van der Waals surface area (Å²) in [5.41, 5.74) is 4.23. The maximum Gasteiger partial charge on any atom is 0.229 e. The predicted octanol–water partition coefficient (Wildman–Crippen LogP) is 3.56. The number of aromatic nitrogens is 5. The molecule has 1 saturated heterocycles. The van der Waals surface area contributed by atoms with Crippen molar-refractivity contribution in [2.24, 2.45) is 0 Å². The van der Waals surface area contributed by atoms with Crippen LogP contribution in [0.2, 0.25) is 0 Å². The molecule has 0 amide bonds. The number of hydrogen-bond acceptors (Lipinski definition) is 7. The van der Waals surface area contributed by atoms with Gasteiger partial charge >= 0.3 is 0 Å². The molecule has 0 bridgehead atoms. The van der Waals surface area contributed by atoms with Gasteiger partial charge < -0.3 is 10.1 Å². The van der Waals surface area contributed by atoms with Crippen molar-refractivity contribution in [1.29, 1.82) is 0 Å². The van der Waals surface area contributed by atoms with Crippen molar-refractivity contribution < 1.29 is 21.9 Å². The molecule has 1 unspecified atom stereocenters. The van der Waals surface area contributed by atoms with Crippen LogP contribution in [-0.4, -0.2) is 64.9 Å². The molecule has 0 aliphatic carbocycles. The molecule has 0 saturated carbocycles. The van der Waals surface area contributed by atoms with E-state index in [-0.39, 0.29) is 23.0 Å². The summed E-state index contributed by atoms with van der Waals surface area (Å²) in [5.74, 6) is -1.67. The molecule has 6 rings (SSSR count). The third-order valence-electron chi connectivity index (χ3n) is 6.52. The molecule has 1 fully saturated rings. The van der Waals surface area contributed by atoms with Gasteiger partial charge in [-0.3, -0.25) is 14.4 Å². The Hall–Kier alpha value is -4.20. The topological polar surface area (TPSA) is 115 Å². The van der Waals surface area contributed by atoms with Crippen LogP contribution in [0.4, 0.5) is 14.5 Å². The van der Waals surface area contributed by atoms with E-state index in [9.17, 15) is 17.2 Å². The van der Waals surface area contributed by atoms with Gasteiger partial charge in [-0.15, -0.1) is 0 Å². The first-order valence-corrected chi connectivity index (χ1v) is 14.4. The van der Waals surface area contributed by atoms with Gasteiger partial charge in [-0.25, -0.2) is 21.7 Å². The number of sulfonamides is 1. The normalized spacial score (nSPS) is 15.9. The summed E-state index contributed by atoms with van der Waals surface area (Å²) >= 11 is 0. The van der Waals surface area contributed by atoms with E-state index < -0.39 is 21.7 Å². The number of nitrogens with one attached hydrogen (secondary N) is 2. The van der Waals surface area contributed by atoms with Crippen LogP contribution in [0, 0.1) is 11.6 Å². The lowest BCUT2D eigenvalue weighted by Crippen LogP contribution is -2.43. The molecule has 2 N–H and O–H groups in total. The van der Waals surface area contributed by atoms with Gasteiger partial charge in [0, 0.05) is 52.9 Å². The van der Waals surface area contributed by atoms with Crippen LogP contribution in [0.25, 0.3) is 39.0 Å². The summed E-state index contributed by atoms with van der Waals surface area (Å²) in [6, 6.07) is 9.53. The van der Waals surface area contributed by atoms with E-state index in [4.69, 9.17) is 4.74 Å². The van der Waals surface area contributed by atoms with Crippen LogP contribution in [0.5, 0.6) is 0 Å². The molecular weight excluding hydrogens is 540 g/mol. The highest BCUT2D eigenvalue weighted by Crippen LogP contribution is 2.34. The first-order chi connectivity index (χ1) is 19.2. The zero-order chi connectivity index (χ0) is 27.9. The number of anilines is 1. The van der Waals surface area contributed by atoms with Gasteiger partial charge in [-0.1, -0.05) is 6.07 Å². The molecule has 1 atom stereocenters. The van der Waals surface area contributed by atoms with Crippen LogP contribution in [0.3, 0.4) is 0 Å². The second kappa shape index (κ2) is 10.4. The molecule has 1 aliphatic rings. The van der Waals surface area contributed by atoms with Crippen molar-refractivity contribution in [2.45, 2.75) is 12.6 Å². The van der Waals surface area contributed by atoms with E-state index in [0.29, 0.717) is 30.9 Å². The summed E-state index contributed by atoms with van der Waals surface area (Å²) in [6.45, 7) is 2.87. The lowest BCUT2D eigenvalue weighted by Gasteiger charge is -2.23. The molecule has 206 valence electrons. The largest absolute Gasteiger partial charge is 0.378 e. The first kappa shape index (κ1) is 26.0. The van der Waals surface area contributed by atoms with E-state index in [1.807, 2.05) is 29.2 Å². The van der Waals surface area contributed by atoms with Gasteiger partial charge in [0.25, 0.3) is 0 Å². The number of halogens is 2. The molecule has 0 radical (unpaired) electrons. The van der Waals surface area contributed by atoms with Crippen molar-refractivity contribution in [3.8, 4) is 33.5 Å². The van der Waals surface area contributed by atoms with Crippen LogP contribution >= 0.6 is 0 Å². The fourth-order valence-corrected chi connectivity index (χ4v) is 5.32. The Morgan fingerprint density at radius 2 is 1.88 bits per heavy atom. The van der Waals surface area contributed by atoms with Gasteiger partial charge in [0.15, 0.2) is 5.82 Å². The summed E-state index contributed by atoms with van der Waals surface area (Å²) in [4.78, 5) is 3.89. The van der Waals surface area contributed by atoms with Gasteiger partial charge in [0.1, 0.15) is 11.5 Å². The van der Waals surface area contributed by atoms with E-state index in [1.54, 1.807) is 29.0 Å². The van der Waals surface area contributed by atoms with E-state index in [0.717, 1.165) is 41.7 Å². The maximum absolute atomic E-state index is 14.6. The zero-order valence-corrected chi connectivity index (χ0v) is 22.2. The average Bonchev–Trinajstić information content (AvgIpc) is 3.55. The minimum absolute atomic E-state index is 0.106. The molecular formula is C27H25F2N7O3S. The maximum atomic E-state index is 14.6. The number of morpholine rings is 1. The smallest absolute Gasteiger partial charge is 0.229 e. The Morgan fingerprint density at radius 1 is 1.02 bits per heavy atom. The third kappa shape index (κ3) is 5.57. The molecule has 5 aromatic rings. The Bertz CT molecular complexity index is 1810. The fourth-order valence-electron chi connectivity index (χ4n) is 4.77. The first-order valence-electron chi connectivity index (χ1n) is 12.5. The summed E-state index contributed by atoms with van der Waals surface area (Å²) < 4.78 is 63.6. The van der Waals surface area contributed by atoms with Gasteiger partial charge in [0.2, 0.25) is 10.0 Å². The van der Waals surface area contributed by atoms with Crippen LogP contribution in [-0.2, 0) is 21.3 Å². The van der Waals surface area contributed by atoms with E-state index in [2.05, 4.69) is 25.2 Å². The average molecular weight is 566 g/mol. The number of pyridine rings is 2. The third-order valence-corrected chi connectivity index (χ3v) is 7.12. The second-order valence-electron chi connectivity index (χ2n) is 9.64. The van der Waals surface area contributed by atoms with Crippen molar-refractivity contribution in [3.63, 3.8) is 0 Å². The van der Waals surface area contributed by atoms with Crippen LogP contribution in [0.15, 0.2) is 67.4 Å². The molecule has 10 nitrogen and oxygen atoms in total. The fraction of sp³-hybridized carbons (Fsp3) is 0.222. The molecule has 0 spiro atoms. The summed E-state index contributed by atoms with van der Waals surface area (Å²) in [7, 11) is -3.63. The van der Waals surface area contributed by atoms with Crippen molar-refractivity contribution in [3.05, 3.63) is 79.0 Å². The lowest BCUT2D eigenvalue weighted by molar-refractivity contribution is 0.0702. The van der Waals surface area contributed by atoms with Gasteiger partial charge in [-0.2, -0.15) is 10.2 Å². The standard InChI is InChI=1S/C27H25F2N7O3S/c1-40(37,38)34-22-7-18(6-19(8-22)27-25(29)9-21(28)11-31-27)24-12-33-36-14-17(2-3-26(24)36)20-10-32-35(13-20)15-23-16-39-5-4-30-23/h2-3,6-14,23,30,34H,4-5,15-16H2,1H3. The summed E-state index contributed by atoms with van der Waals surface area (Å²) in [6.07, 6.45) is 9.23. The van der Waals surface area contributed by atoms with E-state index >= 15 is 0 Å². The molecule has 4 aromatic heterocycles. The van der Waals surface area contributed by atoms with Crippen LogP contribution in [0.1, 0.15) is 0 Å². The van der Waals surface area contributed by atoms with Crippen LogP contribution < -0.4 is 10.0 Å². The predicted molar refractivity (Wildman–Crippen MR) is 146 cm³/mol. The highest BCUT2D eigenvalue weighted by molar-refractivity contribution is 7.92. The molecule has 1 aromatic carbocycles. The Labute approximate surface area is 228 Å². The summed E-state index contributed by atoms with van der Waals surface area (Å²) in [5, 5.41) is 12.4. The number of nitrogens with zero attached hydrogens (tertiary/aromatic N) is 5. The monoisotopic (exact) mass is 565 g/mol. The molecule has 13 heteroatoms. The van der Waals surface area contributed by atoms with Crippen molar-refractivity contribution >= 4 is 21.2 Å². The SMILES string of the molecule is CS(=O)(=O)Nc1cc(-c2ncc(F)cc2F)cc(-c2cnn3cc(-c4cnn(CC5COCCN5)c4)ccc23)c1. The Kier molecular flexibility index (Phi) is 6.78. The zero-order valence-electron chi connectivity index (χ0n) is 21.4. The number of fused-ring (bicyclic) bond motifs is 1. The number of rotatable bonds is 7. The molecule has 5 heterocycles. The highest BCUT2D eigenvalue weighted by Gasteiger charge is 2.17. The number of ether oxygens (including phenoxy) is 1. The second-order valence-corrected chi connectivity index (χ2v) is 11.4. The van der Waals surface area contributed by atoms with Gasteiger partial charge in [0.05, 0.1) is 56.2 Å². The van der Waals surface area contributed by atoms with Gasteiger partial charge in [-0.05, 0) is 29.8 Å². The Morgan fingerprint density at radius 3 is 2.65 bits per heavy atom. The van der Waals surface area contributed by atoms with Crippen molar-refractivity contribution in [1.82, 2.24) is 29.7 Å². The quantitative estimate of drug-likeness (QED) is 0.310. The number of hydrogen-bond donors (Lipinski definition) is 2. The van der Waals surface area contributed by atoms with Crippen molar-refractivity contribution in [2.75, 3.05) is 30.7 Å².